The third-order valence-electron chi connectivity index (χ3n) is 5.12. The molecule has 0 aliphatic carbocycles. The number of hydrogen-bond donors (Lipinski definition) is 0. The van der Waals surface area contributed by atoms with Crippen LogP contribution in [-0.2, 0) is 6.18 Å². The van der Waals surface area contributed by atoms with Gasteiger partial charge in [-0.15, -0.1) is 13.2 Å². The summed E-state index contributed by atoms with van der Waals surface area (Å²) in [6.07, 6.45) is -8.75. The monoisotopic (exact) mass is 510 g/mol. The highest BCUT2D eigenvalue weighted by atomic mass is 19.4. The number of amides is 1. The minimum Gasteiger partial charge on any atom is -0.497 e. The Bertz CT molecular complexity index is 1410. The maximum atomic E-state index is 13.8. The summed E-state index contributed by atoms with van der Waals surface area (Å²) in [5.41, 5.74) is -1.34. The number of nitrogens with zero attached hydrogens (tertiary/aromatic N) is 4. The second kappa shape index (κ2) is 9.06. The Morgan fingerprint density at radius 1 is 0.972 bits per heavy atom. The maximum absolute atomic E-state index is 13.8. The van der Waals surface area contributed by atoms with Crippen molar-refractivity contribution in [1.82, 2.24) is 14.6 Å². The van der Waals surface area contributed by atoms with Crippen molar-refractivity contribution in [2.75, 3.05) is 19.1 Å². The summed E-state index contributed by atoms with van der Waals surface area (Å²) in [7, 11) is 2.71. The molecule has 0 atom stereocenters. The number of alkyl halides is 6. The molecule has 0 saturated carbocycles. The van der Waals surface area contributed by atoms with Crippen LogP contribution in [0.5, 0.6) is 11.5 Å². The molecule has 0 spiro atoms. The van der Waals surface area contributed by atoms with Crippen LogP contribution in [0.1, 0.15) is 16.1 Å². The van der Waals surface area contributed by atoms with Gasteiger partial charge in [-0.1, -0.05) is 12.1 Å². The van der Waals surface area contributed by atoms with Crippen molar-refractivity contribution >= 4 is 17.2 Å². The fraction of sp³-hybridized carbons (Fsp3) is 0.174. The number of carbonyl (C=O) groups excluding carboxylic acids is 1. The first-order valence-electron chi connectivity index (χ1n) is 10.1. The van der Waals surface area contributed by atoms with Gasteiger partial charge in [0.15, 0.2) is 11.3 Å². The molecule has 0 aliphatic rings. The zero-order valence-corrected chi connectivity index (χ0v) is 18.6. The van der Waals surface area contributed by atoms with E-state index in [0.29, 0.717) is 15.8 Å². The predicted octanol–water partition coefficient (Wildman–Crippen LogP) is 5.60. The molecule has 36 heavy (non-hydrogen) atoms. The number of fused-ring (bicyclic) bond motifs is 1. The molecule has 13 heteroatoms. The van der Waals surface area contributed by atoms with Crippen LogP contribution in [0.2, 0.25) is 0 Å². The molecular weight excluding hydrogens is 494 g/mol. The highest BCUT2D eigenvalue weighted by molar-refractivity contribution is 6.09. The lowest BCUT2D eigenvalue weighted by molar-refractivity contribution is -0.274. The van der Waals surface area contributed by atoms with E-state index in [9.17, 15) is 31.1 Å². The van der Waals surface area contributed by atoms with Crippen molar-refractivity contribution in [3.63, 3.8) is 0 Å². The molecule has 0 bridgehead atoms. The van der Waals surface area contributed by atoms with Gasteiger partial charge < -0.3 is 14.4 Å². The Morgan fingerprint density at radius 3 is 2.28 bits per heavy atom. The molecular formula is C23H16F6N4O3. The number of rotatable bonds is 5. The van der Waals surface area contributed by atoms with Gasteiger partial charge in [0.1, 0.15) is 17.1 Å². The Labute approximate surface area is 199 Å². The Balaban J connectivity index is 1.76. The highest BCUT2D eigenvalue weighted by Crippen LogP contribution is 2.34. The van der Waals surface area contributed by atoms with Gasteiger partial charge in [0.05, 0.1) is 19.0 Å². The molecule has 0 radical (unpaired) electrons. The van der Waals surface area contributed by atoms with Crippen molar-refractivity contribution < 1.29 is 40.6 Å². The van der Waals surface area contributed by atoms with E-state index in [2.05, 4.69) is 14.8 Å². The van der Waals surface area contributed by atoms with Crippen LogP contribution in [0.4, 0.5) is 32.0 Å². The van der Waals surface area contributed by atoms with Crippen LogP contribution < -0.4 is 14.4 Å². The van der Waals surface area contributed by atoms with Crippen LogP contribution in [-0.4, -0.2) is 41.0 Å². The van der Waals surface area contributed by atoms with E-state index >= 15 is 0 Å². The second-order valence-corrected chi connectivity index (χ2v) is 7.46. The topological polar surface area (TPSA) is 69.0 Å². The molecule has 0 aliphatic heterocycles. The average Bonchev–Trinajstić information content (AvgIpc) is 3.25. The highest BCUT2D eigenvalue weighted by Gasteiger charge is 2.36. The second-order valence-electron chi connectivity index (χ2n) is 7.46. The molecule has 4 rings (SSSR count). The fourth-order valence-corrected chi connectivity index (χ4v) is 3.42. The van der Waals surface area contributed by atoms with Crippen molar-refractivity contribution in [3.05, 3.63) is 72.1 Å². The SMILES string of the molecule is COc1cccc(-c2cc(C(F)(F)F)n3ncc(C(=O)N(C)c4ccc(OC(F)(F)F)cc4)c3n2)c1. The van der Waals surface area contributed by atoms with E-state index < -0.39 is 29.9 Å². The molecule has 0 N–H and O–H groups in total. The van der Waals surface area contributed by atoms with E-state index in [1.165, 1.54) is 38.4 Å². The van der Waals surface area contributed by atoms with Gasteiger partial charge >= 0.3 is 12.5 Å². The summed E-state index contributed by atoms with van der Waals surface area (Å²) in [6.45, 7) is 0. The standard InChI is InChI=1S/C23H16F6N4O3/c1-32(14-6-8-15(9-7-14)36-23(27,28)29)21(34)17-12-30-33-19(22(24,25)26)11-18(31-20(17)33)13-4-3-5-16(10-13)35-2/h3-12H,1-2H3. The van der Waals surface area contributed by atoms with Crippen molar-refractivity contribution in [3.8, 4) is 22.8 Å². The zero-order chi connectivity index (χ0) is 26.3. The molecule has 7 nitrogen and oxygen atoms in total. The zero-order valence-electron chi connectivity index (χ0n) is 18.6. The number of ether oxygens (including phenoxy) is 2. The number of methoxy groups -OCH3 is 1. The smallest absolute Gasteiger partial charge is 0.497 e. The summed E-state index contributed by atoms with van der Waals surface area (Å²) >= 11 is 0. The first-order valence-corrected chi connectivity index (χ1v) is 10.1. The summed E-state index contributed by atoms with van der Waals surface area (Å²) < 4.78 is 88.1. The van der Waals surface area contributed by atoms with Crippen molar-refractivity contribution in [2.24, 2.45) is 0 Å². The molecule has 2 aromatic heterocycles. The molecule has 0 unspecified atom stereocenters. The summed E-state index contributed by atoms with van der Waals surface area (Å²) in [5.74, 6) is -0.884. The molecule has 2 aromatic carbocycles. The van der Waals surface area contributed by atoms with E-state index in [1.54, 1.807) is 12.1 Å². The van der Waals surface area contributed by atoms with Crippen LogP contribution in [0.15, 0.2) is 60.8 Å². The largest absolute Gasteiger partial charge is 0.573 e. The quantitative estimate of drug-likeness (QED) is 0.327. The van der Waals surface area contributed by atoms with Crippen molar-refractivity contribution in [2.45, 2.75) is 12.5 Å². The maximum Gasteiger partial charge on any atom is 0.573 e. The van der Waals surface area contributed by atoms with Crippen molar-refractivity contribution in [1.29, 1.82) is 0 Å². The van der Waals surface area contributed by atoms with Crippen LogP contribution >= 0.6 is 0 Å². The molecule has 2 heterocycles. The van der Waals surface area contributed by atoms with Gasteiger partial charge in [0.2, 0.25) is 0 Å². The summed E-state index contributed by atoms with van der Waals surface area (Å²) in [6, 6.07) is 11.4. The Hall–Kier alpha value is -4.29. The minimum atomic E-state index is -4.89. The lowest BCUT2D eigenvalue weighted by atomic mass is 10.1. The van der Waals surface area contributed by atoms with Gasteiger partial charge in [-0.25, -0.2) is 9.50 Å². The molecule has 0 saturated heterocycles. The molecule has 0 fully saturated rings. The van der Waals surface area contributed by atoms with Crippen LogP contribution in [0.3, 0.4) is 0 Å². The van der Waals surface area contributed by atoms with Crippen LogP contribution in [0, 0.1) is 0 Å². The van der Waals surface area contributed by atoms with Gasteiger partial charge in [0.25, 0.3) is 5.91 Å². The lowest BCUT2D eigenvalue weighted by Crippen LogP contribution is -2.26. The first kappa shape index (κ1) is 24.8. The number of hydrogen-bond acceptors (Lipinski definition) is 5. The minimum absolute atomic E-state index is 0.0698. The normalized spacial score (nSPS) is 12.0. The van der Waals surface area contributed by atoms with E-state index in [0.717, 1.165) is 29.3 Å². The van der Waals surface area contributed by atoms with Gasteiger partial charge in [-0.2, -0.15) is 18.3 Å². The number of halogens is 6. The van der Waals surface area contributed by atoms with E-state index in [1.807, 2.05) is 0 Å². The average molecular weight is 510 g/mol. The number of anilines is 1. The molecule has 188 valence electrons. The number of carbonyl (C=O) groups is 1. The summed E-state index contributed by atoms with van der Waals surface area (Å²) in [5, 5.41) is 3.72. The number of benzene rings is 2. The van der Waals surface area contributed by atoms with Gasteiger partial charge in [-0.05, 0) is 42.5 Å². The molecule has 1 amide bonds. The molecule has 4 aromatic rings. The van der Waals surface area contributed by atoms with E-state index in [4.69, 9.17) is 4.74 Å². The Kier molecular flexibility index (Phi) is 6.24. The summed E-state index contributed by atoms with van der Waals surface area (Å²) in [4.78, 5) is 18.5. The fourth-order valence-electron chi connectivity index (χ4n) is 3.42. The third-order valence-corrected chi connectivity index (χ3v) is 5.12. The number of aromatic nitrogens is 3. The lowest BCUT2D eigenvalue weighted by Gasteiger charge is -2.18. The van der Waals surface area contributed by atoms with Crippen LogP contribution in [0.25, 0.3) is 16.9 Å². The van der Waals surface area contributed by atoms with Gasteiger partial charge in [-0.3, -0.25) is 4.79 Å². The Morgan fingerprint density at radius 2 is 1.67 bits per heavy atom. The first-order chi connectivity index (χ1) is 16.9. The third kappa shape index (κ3) is 5.04. The predicted molar refractivity (Wildman–Crippen MR) is 116 cm³/mol. The van der Waals surface area contributed by atoms with E-state index in [-0.39, 0.29) is 22.6 Å². The van der Waals surface area contributed by atoms with Gasteiger partial charge in [0, 0.05) is 18.3 Å².